The van der Waals surface area contributed by atoms with Crippen LogP contribution in [0, 0.1) is 5.92 Å². The van der Waals surface area contributed by atoms with E-state index in [1.807, 2.05) is 0 Å². The first-order valence-corrected chi connectivity index (χ1v) is 7.31. The molecule has 1 aromatic carbocycles. The van der Waals surface area contributed by atoms with E-state index in [1.54, 1.807) is 0 Å². The Morgan fingerprint density at radius 2 is 1.94 bits per heavy atom. The van der Waals surface area contributed by atoms with E-state index < -0.39 is 0 Å². The van der Waals surface area contributed by atoms with E-state index in [4.69, 9.17) is 10.7 Å². The third-order valence-corrected chi connectivity index (χ3v) is 3.58. The van der Waals surface area contributed by atoms with Crippen LogP contribution in [0.2, 0.25) is 0 Å². The molecule has 0 saturated carbocycles. The molecule has 0 unspecified atom stereocenters. The summed E-state index contributed by atoms with van der Waals surface area (Å²) in [4.78, 5) is 0. The molecule has 0 atom stereocenters. The Bertz CT molecular complexity index is 325. The smallest absolute Gasteiger partial charge is 0.0613 e. The molecular weight excluding hydrogens is 238 g/mol. The van der Waals surface area contributed by atoms with Gasteiger partial charge in [-0.15, -0.1) is 0 Å². The summed E-state index contributed by atoms with van der Waals surface area (Å²) in [6.07, 6.45) is 1.12. The van der Waals surface area contributed by atoms with Crippen LogP contribution in [0.15, 0.2) is 24.3 Å². The van der Waals surface area contributed by atoms with Crippen LogP contribution < -0.4 is 4.31 Å². The third-order valence-electron chi connectivity index (χ3n) is 2.35. The Kier molecular flexibility index (Phi) is 5.50. The summed E-state index contributed by atoms with van der Waals surface area (Å²) in [5.74, 6) is 0.686. The van der Waals surface area contributed by atoms with Gasteiger partial charge in [0.05, 0.1) is 11.2 Å². The SMILES string of the molecule is CC(C)Cc1cccc(N(SCl)C(C)C)c1. The van der Waals surface area contributed by atoms with Crippen molar-refractivity contribution < 1.29 is 0 Å². The van der Waals surface area contributed by atoms with Gasteiger partial charge in [-0.25, -0.2) is 0 Å². The second-order valence-electron chi connectivity index (χ2n) is 4.76. The minimum Gasteiger partial charge on any atom is -0.301 e. The average molecular weight is 258 g/mol. The van der Waals surface area contributed by atoms with Gasteiger partial charge in [0.2, 0.25) is 0 Å². The van der Waals surface area contributed by atoms with Gasteiger partial charge < -0.3 is 4.31 Å². The fourth-order valence-corrected chi connectivity index (χ4v) is 2.78. The number of benzene rings is 1. The second-order valence-corrected chi connectivity index (χ2v) is 5.70. The highest BCUT2D eigenvalue weighted by molar-refractivity contribution is 8.22. The summed E-state index contributed by atoms with van der Waals surface area (Å²) in [5.41, 5.74) is 2.57. The minimum absolute atomic E-state index is 0.400. The molecule has 16 heavy (non-hydrogen) atoms. The van der Waals surface area contributed by atoms with Crippen LogP contribution in [-0.4, -0.2) is 6.04 Å². The van der Waals surface area contributed by atoms with Crippen LogP contribution in [0.1, 0.15) is 33.3 Å². The zero-order chi connectivity index (χ0) is 12.1. The zero-order valence-electron chi connectivity index (χ0n) is 10.4. The monoisotopic (exact) mass is 257 g/mol. The largest absolute Gasteiger partial charge is 0.301 e. The van der Waals surface area contributed by atoms with Crippen LogP contribution in [0.4, 0.5) is 5.69 Å². The molecule has 0 saturated heterocycles. The van der Waals surface area contributed by atoms with Crippen LogP contribution >= 0.6 is 21.8 Å². The molecule has 1 rings (SSSR count). The summed E-state index contributed by atoms with van der Waals surface area (Å²) in [7, 11) is 5.90. The van der Waals surface area contributed by atoms with Gasteiger partial charge in [0.25, 0.3) is 0 Å². The fourth-order valence-electron chi connectivity index (χ4n) is 1.71. The van der Waals surface area contributed by atoms with E-state index in [0.717, 1.165) is 6.42 Å². The van der Waals surface area contributed by atoms with Crippen molar-refractivity contribution in [2.45, 2.75) is 40.2 Å². The fraction of sp³-hybridized carbons (Fsp3) is 0.538. The summed E-state index contributed by atoms with van der Waals surface area (Å²) in [6, 6.07) is 9.03. The van der Waals surface area contributed by atoms with Gasteiger partial charge in [0.15, 0.2) is 0 Å². The molecule has 0 aliphatic carbocycles. The lowest BCUT2D eigenvalue weighted by atomic mass is 10.0. The molecule has 3 heteroatoms. The summed E-state index contributed by atoms with van der Waals surface area (Å²) in [5, 5.41) is 0. The number of anilines is 1. The number of nitrogens with zero attached hydrogens (tertiary/aromatic N) is 1. The molecule has 0 fully saturated rings. The number of halogens is 1. The molecule has 0 amide bonds. The summed E-state index contributed by atoms with van der Waals surface area (Å²) in [6.45, 7) is 8.77. The molecule has 0 aromatic heterocycles. The molecule has 0 aliphatic heterocycles. The predicted molar refractivity (Wildman–Crippen MR) is 76.0 cm³/mol. The van der Waals surface area contributed by atoms with Crippen LogP contribution in [0.5, 0.6) is 0 Å². The molecule has 0 heterocycles. The van der Waals surface area contributed by atoms with Crippen LogP contribution in [0.25, 0.3) is 0 Å². The highest BCUT2D eigenvalue weighted by atomic mass is 35.7. The molecular formula is C13H20ClNS. The van der Waals surface area contributed by atoms with E-state index in [9.17, 15) is 0 Å². The third kappa shape index (κ3) is 3.91. The van der Waals surface area contributed by atoms with Gasteiger partial charge in [-0.05, 0) is 54.6 Å². The van der Waals surface area contributed by atoms with Crippen molar-refractivity contribution in [1.29, 1.82) is 0 Å². The Morgan fingerprint density at radius 3 is 2.44 bits per heavy atom. The van der Waals surface area contributed by atoms with Crippen molar-refractivity contribution in [3.63, 3.8) is 0 Å². The lowest BCUT2D eigenvalue weighted by Gasteiger charge is -2.24. The Hall–Kier alpha value is -0.340. The van der Waals surface area contributed by atoms with E-state index in [2.05, 4.69) is 56.3 Å². The van der Waals surface area contributed by atoms with Gasteiger partial charge in [-0.2, -0.15) is 0 Å². The average Bonchev–Trinajstić information content (AvgIpc) is 2.17. The quantitative estimate of drug-likeness (QED) is 0.690. The first-order valence-electron chi connectivity index (χ1n) is 5.71. The predicted octanol–water partition coefficient (Wildman–Crippen LogP) is 4.90. The molecule has 0 spiro atoms. The molecule has 0 bridgehead atoms. The first-order chi connectivity index (χ1) is 7.54. The molecule has 90 valence electrons. The summed E-state index contributed by atoms with van der Waals surface area (Å²) < 4.78 is 2.12. The maximum atomic E-state index is 5.90. The minimum atomic E-state index is 0.400. The summed E-state index contributed by atoms with van der Waals surface area (Å²) >= 11 is 1.26. The van der Waals surface area contributed by atoms with Crippen molar-refractivity contribution in [3.8, 4) is 0 Å². The van der Waals surface area contributed by atoms with E-state index in [0.29, 0.717) is 12.0 Å². The second kappa shape index (κ2) is 6.41. The lowest BCUT2D eigenvalue weighted by molar-refractivity contribution is 0.647. The first kappa shape index (κ1) is 13.7. The maximum absolute atomic E-state index is 5.90. The van der Waals surface area contributed by atoms with Crippen molar-refractivity contribution in [1.82, 2.24) is 0 Å². The van der Waals surface area contributed by atoms with Gasteiger partial charge in [-0.3, -0.25) is 0 Å². The zero-order valence-corrected chi connectivity index (χ0v) is 12.0. The Morgan fingerprint density at radius 1 is 1.25 bits per heavy atom. The van der Waals surface area contributed by atoms with Gasteiger partial charge in [-0.1, -0.05) is 26.0 Å². The molecule has 0 aliphatic rings. The van der Waals surface area contributed by atoms with Gasteiger partial charge in [0.1, 0.15) is 0 Å². The highest BCUT2D eigenvalue weighted by Crippen LogP contribution is 2.28. The molecule has 0 N–H and O–H groups in total. The standard InChI is InChI=1S/C13H20ClNS/c1-10(2)8-12-6-5-7-13(9-12)15(16-14)11(3)4/h5-7,9-11H,8H2,1-4H3. The van der Waals surface area contributed by atoms with Gasteiger partial charge in [0, 0.05) is 11.7 Å². The van der Waals surface area contributed by atoms with Crippen molar-refractivity contribution in [3.05, 3.63) is 29.8 Å². The maximum Gasteiger partial charge on any atom is 0.0613 e. The number of hydrogen-bond donors (Lipinski definition) is 0. The van der Waals surface area contributed by atoms with E-state index in [-0.39, 0.29) is 0 Å². The van der Waals surface area contributed by atoms with Crippen molar-refractivity contribution in [2.75, 3.05) is 4.31 Å². The molecule has 1 aromatic rings. The topological polar surface area (TPSA) is 3.24 Å². The molecule has 0 radical (unpaired) electrons. The van der Waals surface area contributed by atoms with Gasteiger partial charge >= 0.3 is 0 Å². The molecule has 1 nitrogen and oxygen atoms in total. The van der Waals surface area contributed by atoms with E-state index >= 15 is 0 Å². The normalized spacial score (nSPS) is 11.2. The van der Waals surface area contributed by atoms with Crippen molar-refractivity contribution in [2.24, 2.45) is 5.92 Å². The number of hydrogen-bond acceptors (Lipinski definition) is 2. The highest BCUT2D eigenvalue weighted by Gasteiger charge is 2.11. The van der Waals surface area contributed by atoms with Crippen molar-refractivity contribution >= 4 is 27.5 Å². The van der Waals surface area contributed by atoms with E-state index in [1.165, 1.54) is 22.4 Å². The van der Waals surface area contributed by atoms with Crippen LogP contribution in [0.3, 0.4) is 0 Å². The lowest BCUT2D eigenvalue weighted by Crippen LogP contribution is -2.21. The Balaban J connectivity index is 2.88. The van der Waals surface area contributed by atoms with Crippen LogP contribution in [-0.2, 0) is 6.42 Å². The number of rotatable bonds is 5. The Labute approximate surface area is 108 Å².